The summed E-state index contributed by atoms with van der Waals surface area (Å²) in [5, 5.41) is 9.69. The number of β-amino-alcohol motifs (C(OH)–C–C–N with tert-alkyl or cyclic N) is 1. The van der Waals surface area contributed by atoms with Gasteiger partial charge in [-0.3, -0.25) is 4.79 Å². The highest BCUT2D eigenvalue weighted by Crippen LogP contribution is 2.17. The second kappa shape index (κ2) is 6.05. The second-order valence-corrected chi connectivity index (χ2v) is 4.01. The molecule has 88 valence electrons. The minimum absolute atomic E-state index is 0.372. The number of carbonyl (C=O) groups is 1. The number of hydrogen-bond acceptors (Lipinski definition) is 4. The molecule has 0 aromatic heterocycles. The standard InChI is InChI=1S/C10H20N2O3/c1-15-6-2-4-12-5-3-8(10(11)14)9(13)7-12/h8-9,13H,2-7H2,1H3,(H2,11,14). The third-order valence-corrected chi connectivity index (χ3v) is 2.85. The lowest BCUT2D eigenvalue weighted by Crippen LogP contribution is -2.48. The van der Waals surface area contributed by atoms with E-state index in [0.29, 0.717) is 13.0 Å². The lowest BCUT2D eigenvalue weighted by molar-refractivity contribution is -0.128. The van der Waals surface area contributed by atoms with E-state index in [9.17, 15) is 9.90 Å². The number of aliphatic hydroxyl groups is 1. The van der Waals surface area contributed by atoms with E-state index in [-0.39, 0.29) is 11.8 Å². The zero-order chi connectivity index (χ0) is 11.3. The molecule has 1 aliphatic heterocycles. The van der Waals surface area contributed by atoms with Crippen LogP contribution in [-0.4, -0.2) is 55.4 Å². The lowest BCUT2D eigenvalue weighted by atomic mass is 9.93. The zero-order valence-corrected chi connectivity index (χ0v) is 9.19. The summed E-state index contributed by atoms with van der Waals surface area (Å²) in [5.41, 5.74) is 5.19. The van der Waals surface area contributed by atoms with E-state index in [2.05, 4.69) is 4.90 Å². The van der Waals surface area contributed by atoms with Crippen molar-refractivity contribution < 1.29 is 14.6 Å². The SMILES string of the molecule is COCCCN1CCC(C(N)=O)C(O)C1. The number of primary amides is 1. The number of aliphatic hydroxyl groups excluding tert-OH is 1. The number of ether oxygens (including phenoxy) is 1. The van der Waals surface area contributed by atoms with Gasteiger partial charge in [-0.25, -0.2) is 0 Å². The minimum atomic E-state index is -0.612. The van der Waals surface area contributed by atoms with Gasteiger partial charge in [0.05, 0.1) is 12.0 Å². The quantitative estimate of drug-likeness (QED) is 0.589. The van der Waals surface area contributed by atoms with Crippen LogP contribution in [0.2, 0.25) is 0 Å². The molecule has 0 aromatic rings. The van der Waals surface area contributed by atoms with Crippen molar-refractivity contribution in [2.24, 2.45) is 11.7 Å². The highest BCUT2D eigenvalue weighted by atomic mass is 16.5. The van der Waals surface area contributed by atoms with Crippen LogP contribution in [0.15, 0.2) is 0 Å². The highest BCUT2D eigenvalue weighted by Gasteiger charge is 2.30. The van der Waals surface area contributed by atoms with Crippen molar-refractivity contribution in [1.82, 2.24) is 4.90 Å². The monoisotopic (exact) mass is 216 g/mol. The number of rotatable bonds is 5. The molecule has 2 atom stereocenters. The Kier molecular flexibility index (Phi) is 5.01. The van der Waals surface area contributed by atoms with Crippen molar-refractivity contribution in [2.45, 2.75) is 18.9 Å². The van der Waals surface area contributed by atoms with Gasteiger partial charge in [0.1, 0.15) is 0 Å². The molecule has 0 aromatic carbocycles. The van der Waals surface area contributed by atoms with Gasteiger partial charge in [0, 0.05) is 26.8 Å². The van der Waals surface area contributed by atoms with Crippen molar-refractivity contribution in [3.8, 4) is 0 Å². The van der Waals surface area contributed by atoms with Crippen LogP contribution in [0, 0.1) is 5.92 Å². The third kappa shape index (κ3) is 3.77. The summed E-state index contributed by atoms with van der Waals surface area (Å²) < 4.78 is 4.96. The predicted octanol–water partition coefficient (Wildman–Crippen LogP) is -0.809. The first-order valence-corrected chi connectivity index (χ1v) is 5.34. The molecule has 0 spiro atoms. The van der Waals surface area contributed by atoms with Crippen molar-refractivity contribution in [3.63, 3.8) is 0 Å². The second-order valence-electron chi connectivity index (χ2n) is 4.01. The van der Waals surface area contributed by atoms with Gasteiger partial charge in [0.25, 0.3) is 0 Å². The molecule has 1 heterocycles. The first kappa shape index (κ1) is 12.4. The molecule has 5 heteroatoms. The first-order chi connectivity index (χ1) is 7.15. The zero-order valence-electron chi connectivity index (χ0n) is 9.19. The minimum Gasteiger partial charge on any atom is -0.391 e. The fraction of sp³-hybridized carbons (Fsp3) is 0.900. The van der Waals surface area contributed by atoms with Crippen LogP contribution in [0.5, 0.6) is 0 Å². The Bertz CT molecular complexity index is 211. The van der Waals surface area contributed by atoms with Crippen LogP contribution in [0.4, 0.5) is 0 Å². The normalized spacial score (nSPS) is 27.9. The molecule has 0 saturated carbocycles. The van der Waals surface area contributed by atoms with Gasteiger partial charge in [-0.2, -0.15) is 0 Å². The number of nitrogens with zero attached hydrogens (tertiary/aromatic N) is 1. The smallest absolute Gasteiger partial charge is 0.223 e. The molecule has 15 heavy (non-hydrogen) atoms. The number of likely N-dealkylation sites (tertiary alicyclic amines) is 1. The number of carbonyl (C=O) groups excluding carboxylic acids is 1. The molecule has 0 bridgehead atoms. The van der Waals surface area contributed by atoms with Crippen molar-refractivity contribution in [3.05, 3.63) is 0 Å². The summed E-state index contributed by atoms with van der Waals surface area (Å²) in [4.78, 5) is 13.1. The van der Waals surface area contributed by atoms with E-state index in [4.69, 9.17) is 10.5 Å². The molecule has 3 N–H and O–H groups in total. The number of methoxy groups -OCH3 is 1. The van der Waals surface area contributed by atoms with E-state index in [1.165, 1.54) is 0 Å². The molecule has 1 aliphatic rings. The topological polar surface area (TPSA) is 75.8 Å². The Morgan fingerprint density at radius 1 is 1.67 bits per heavy atom. The largest absolute Gasteiger partial charge is 0.391 e. The van der Waals surface area contributed by atoms with E-state index in [0.717, 1.165) is 26.1 Å². The lowest BCUT2D eigenvalue weighted by Gasteiger charge is -2.34. The van der Waals surface area contributed by atoms with Crippen molar-refractivity contribution >= 4 is 5.91 Å². The van der Waals surface area contributed by atoms with E-state index in [1.807, 2.05) is 0 Å². The molecular weight excluding hydrogens is 196 g/mol. The number of amides is 1. The molecule has 1 rings (SSSR count). The van der Waals surface area contributed by atoms with Gasteiger partial charge in [-0.1, -0.05) is 0 Å². The van der Waals surface area contributed by atoms with E-state index < -0.39 is 6.10 Å². The van der Waals surface area contributed by atoms with Crippen LogP contribution in [0.1, 0.15) is 12.8 Å². The average Bonchev–Trinajstić information content (AvgIpc) is 2.17. The first-order valence-electron chi connectivity index (χ1n) is 5.34. The van der Waals surface area contributed by atoms with Gasteiger partial charge in [-0.15, -0.1) is 0 Å². The molecule has 2 unspecified atom stereocenters. The Morgan fingerprint density at radius 3 is 2.93 bits per heavy atom. The van der Waals surface area contributed by atoms with Crippen molar-refractivity contribution in [1.29, 1.82) is 0 Å². The summed E-state index contributed by atoms with van der Waals surface area (Å²) in [6.07, 6.45) is 0.993. The summed E-state index contributed by atoms with van der Waals surface area (Å²) in [7, 11) is 1.67. The molecule has 0 aliphatic carbocycles. The van der Waals surface area contributed by atoms with Crippen LogP contribution < -0.4 is 5.73 Å². The fourth-order valence-corrected chi connectivity index (χ4v) is 1.96. The van der Waals surface area contributed by atoms with Gasteiger partial charge >= 0.3 is 0 Å². The molecule has 1 saturated heterocycles. The van der Waals surface area contributed by atoms with E-state index in [1.54, 1.807) is 7.11 Å². The van der Waals surface area contributed by atoms with Crippen LogP contribution >= 0.6 is 0 Å². The van der Waals surface area contributed by atoms with E-state index >= 15 is 0 Å². The molecule has 5 nitrogen and oxygen atoms in total. The maximum absolute atomic E-state index is 11.0. The molecule has 0 radical (unpaired) electrons. The number of nitrogens with two attached hydrogens (primary N) is 1. The summed E-state index contributed by atoms with van der Waals surface area (Å²) in [5.74, 6) is -0.761. The van der Waals surface area contributed by atoms with Gasteiger partial charge in [-0.05, 0) is 19.4 Å². The van der Waals surface area contributed by atoms with Gasteiger partial charge < -0.3 is 20.5 Å². The molecule has 1 fully saturated rings. The highest BCUT2D eigenvalue weighted by molar-refractivity contribution is 5.77. The predicted molar refractivity (Wildman–Crippen MR) is 56.2 cm³/mol. The average molecular weight is 216 g/mol. The summed E-state index contributed by atoms with van der Waals surface area (Å²) in [6.45, 7) is 2.99. The Hall–Kier alpha value is -0.650. The molecular formula is C10H20N2O3. The fourth-order valence-electron chi connectivity index (χ4n) is 1.96. The molecule has 1 amide bonds. The number of piperidine rings is 1. The summed E-state index contributed by atoms with van der Waals surface area (Å²) >= 11 is 0. The van der Waals surface area contributed by atoms with Crippen LogP contribution in [-0.2, 0) is 9.53 Å². The Balaban J connectivity index is 2.27. The maximum Gasteiger partial charge on any atom is 0.223 e. The number of hydrogen-bond donors (Lipinski definition) is 2. The van der Waals surface area contributed by atoms with Crippen molar-refractivity contribution in [2.75, 3.05) is 33.4 Å². The Morgan fingerprint density at radius 2 is 2.40 bits per heavy atom. The maximum atomic E-state index is 11.0. The Labute approximate surface area is 90.2 Å². The van der Waals surface area contributed by atoms with Gasteiger partial charge in [0.15, 0.2) is 0 Å². The van der Waals surface area contributed by atoms with Crippen LogP contribution in [0.25, 0.3) is 0 Å². The third-order valence-electron chi connectivity index (χ3n) is 2.85. The van der Waals surface area contributed by atoms with Crippen LogP contribution in [0.3, 0.4) is 0 Å². The van der Waals surface area contributed by atoms with Gasteiger partial charge in [0.2, 0.25) is 5.91 Å². The summed E-state index contributed by atoms with van der Waals surface area (Å²) in [6, 6.07) is 0.